The standard InChI is InChI=1S/C19H24N4O2/c1-3-23-14(2)16(12-21-23)11-20-18(24)13-22-17-9-5-4-7-15(17)8-6-10-19(22)25/h4-5,7,9,12H,3,6,8,10-11,13H2,1-2H3,(H,20,24). The Balaban J connectivity index is 1.67. The number of amides is 2. The van der Waals surface area contributed by atoms with Gasteiger partial charge in [0.05, 0.1) is 6.20 Å². The summed E-state index contributed by atoms with van der Waals surface area (Å²) in [5, 5.41) is 7.19. The zero-order valence-electron chi connectivity index (χ0n) is 14.8. The highest BCUT2D eigenvalue weighted by atomic mass is 16.2. The van der Waals surface area contributed by atoms with Crippen LogP contribution in [-0.2, 0) is 29.1 Å². The van der Waals surface area contributed by atoms with E-state index in [-0.39, 0.29) is 18.4 Å². The Morgan fingerprint density at radius 3 is 2.84 bits per heavy atom. The molecule has 1 N–H and O–H groups in total. The highest BCUT2D eigenvalue weighted by Gasteiger charge is 2.23. The number of hydrogen-bond acceptors (Lipinski definition) is 3. The largest absolute Gasteiger partial charge is 0.350 e. The number of nitrogens with zero attached hydrogens (tertiary/aromatic N) is 3. The highest BCUT2D eigenvalue weighted by molar-refractivity contribution is 5.99. The van der Waals surface area contributed by atoms with Crippen LogP contribution >= 0.6 is 0 Å². The molecule has 132 valence electrons. The molecule has 0 saturated heterocycles. The van der Waals surface area contributed by atoms with Gasteiger partial charge in [0.2, 0.25) is 11.8 Å². The molecule has 2 aromatic rings. The predicted octanol–water partition coefficient (Wildman–Crippen LogP) is 2.20. The molecule has 6 heteroatoms. The summed E-state index contributed by atoms with van der Waals surface area (Å²) in [4.78, 5) is 26.4. The van der Waals surface area contributed by atoms with E-state index in [1.54, 1.807) is 11.1 Å². The summed E-state index contributed by atoms with van der Waals surface area (Å²) >= 11 is 0. The SMILES string of the molecule is CCn1ncc(CNC(=O)CN2C(=O)CCCc3ccccc32)c1C. The average Bonchev–Trinajstić information content (AvgIpc) is 2.90. The fraction of sp³-hybridized carbons (Fsp3) is 0.421. The van der Waals surface area contributed by atoms with Gasteiger partial charge in [0.25, 0.3) is 0 Å². The van der Waals surface area contributed by atoms with Crippen molar-refractivity contribution in [2.75, 3.05) is 11.4 Å². The van der Waals surface area contributed by atoms with Gasteiger partial charge in [-0.1, -0.05) is 18.2 Å². The van der Waals surface area contributed by atoms with Gasteiger partial charge in [-0.15, -0.1) is 0 Å². The third-order valence-corrected chi connectivity index (χ3v) is 4.70. The second kappa shape index (κ2) is 7.51. The van der Waals surface area contributed by atoms with Crippen LogP contribution < -0.4 is 10.2 Å². The summed E-state index contributed by atoms with van der Waals surface area (Å²) in [5.74, 6) is -0.149. The van der Waals surface area contributed by atoms with Crippen LogP contribution in [-0.4, -0.2) is 28.1 Å². The summed E-state index contributed by atoms with van der Waals surface area (Å²) in [6.07, 6.45) is 3.95. The average molecular weight is 340 g/mol. The van der Waals surface area contributed by atoms with Crippen molar-refractivity contribution in [2.24, 2.45) is 0 Å². The molecule has 3 rings (SSSR count). The minimum absolute atomic E-state index is 0.00934. The Morgan fingerprint density at radius 2 is 2.08 bits per heavy atom. The summed E-state index contributed by atoms with van der Waals surface area (Å²) in [6.45, 7) is 5.31. The van der Waals surface area contributed by atoms with Crippen LogP contribution in [0.5, 0.6) is 0 Å². The number of carbonyl (C=O) groups excluding carboxylic acids is 2. The van der Waals surface area contributed by atoms with Crippen LogP contribution in [0.15, 0.2) is 30.5 Å². The fourth-order valence-corrected chi connectivity index (χ4v) is 3.23. The van der Waals surface area contributed by atoms with Crippen molar-refractivity contribution in [1.29, 1.82) is 0 Å². The monoisotopic (exact) mass is 340 g/mol. The van der Waals surface area contributed by atoms with E-state index in [0.29, 0.717) is 13.0 Å². The Bertz CT molecular complexity index is 781. The van der Waals surface area contributed by atoms with Crippen molar-refractivity contribution in [3.63, 3.8) is 0 Å². The molecule has 1 aromatic heterocycles. The molecule has 0 bridgehead atoms. The molecule has 0 unspecified atom stereocenters. The van der Waals surface area contributed by atoms with Crippen LogP contribution in [0.2, 0.25) is 0 Å². The number of fused-ring (bicyclic) bond motifs is 1. The Kier molecular flexibility index (Phi) is 5.16. The summed E-state index contributed by atoms with van der Waals surface area (Å²) < 4.78 is 1.90. The number of para-hydroxylation sites is 1. The van der Waals surface area contributed by atoms with Crippen molar-refractivity contribution >= 4 is 17.5 Å². The molecule has 1 aliphatic heterocycles. The van der Waals surface area contributed by atoms with Crippen molar-refractivity contribution in [3.8, 4) is 0 Å². The topological polar surface area (TPSA) is 67.2 Å². The first kappa shape index (κ1) is 17.2. The Labute approximate surface area is 147 Å². The zero-order chi connectivity index (χ0) is 17.8. The van der Waals surface area contributed by atoms with E-state index in [1.165, 1.54) is 0 Å². The third kappa shape index (κ3) is 3.73. The molecule has 0 spiro atoms. The van der Waals surface area contributed by atoms with Crippen LogP contribution in [0.1, 0.15) is 36.6 Å². The van der Waals surface area contributed by atoms with E-state index in [2.05, 4.69) is 10.4 Å². The predicted molar refractivity (Wildman–Crippen MR) is 96.2 cm³/mol. The molecule has 2 heterocycles. The van der Waals surface area contributed by atoms with E-state index in [9.17, 15) is 9.59 Å². The summed E-state index contributed by atoms with van der Waals surface area (Å²) in [7, 11) is 0. The molecule has 1 aromatic carbocycles. The number of nitrogens with one attached hydrogen (secondary N) is 1. The van der Waals surface area contributed by atoms with E-state index in [0.717, 1.165) is 41.9 Å². The molecule has 0 radical (unpaired) electrons. The minimum atomic E-state index is -0.159. The Morgan fingerprint density at radius 1 is 1.28 bits per heavy atom. The van der Waals surface area contributed by atoms with Crippen molar-refractivity contribution in [1.82, 2.24) is 15.1 Å². The van der Waals surface area contributed by atoms with Crippen molar-refractivity contribution in [2.45, 2.75) is 46.2 Å². The molecule has 0 saturated carbocycles. The van der Waals surface area contributed by atoms with E-state index in [1.807, 2.05) is 42.8 Å². The normalized spacial score (nSPS) is 14.2. The molecule has 6 nitrogen and oxygen atoms in total. The number of hydrogen-bond donors (Lipinski definition) is 1. The first-order valence-electron chi connectivity index (χ1n) is 8.76. The maximum atomic E-state index is 12.4. The number of benzene rings is 1. The number of aromatic nitrogens is 2. The smallest absolute Gasteiger partial charge is 0.240 e. The van der Waals surface area contributed by atoms with Gasteiger partial charge >= 0.3 is 0 Å². The lowest BCUT2D eigenvalue weighted by Crippen LogP contribution is -2.40. The number of anilines is 1. The molecule has 0 atom stereocenters. The van der Waals surface area contributed by atoms with Crippen LogP contribution in [0.25, 0.3) is 0 Å². The Hall–Kier alpha value is -2.63. The van der Waals surface area contributed by atoms with Gasteiger partial charge in [-0.3, -0.25) is 14.3 Å². The molecule has 0 aliphatic carbocycles. The second-order valence-electron chi connectivity index (χ2n) is 6.31. The highest BCUT2D eigenvalue weighted by Crippen LogP contribution is 2.26. The van der Waals surface area contributed by atoms with Crippen molar-refractivity contribution < 1.29 is 9.59 Å². The summed E-state index contributed by atoms with van der Waals surface area (Å²) in [5.41, 5.74) is 4.04. The van der Waals surface area contributed by atoms with Crippen LogP contribution in [0.4, 0.5) is 5.69 Å². The first-order chi connectivity index (χ1) is 12.1. The second-order valence-corrected chi connectivity index (χ2v) is 6.31. The lowest BCUT2D eigenvalue weighted by Gasteiger charge is -2.22. The number of aryl methyl sites for hydroxylation is 2. The maximum Gasteiger partial charge on any atom is 0.240 e. The zero-order valence-corrected chi connectivity index (χ0v) is 14.8. The number of rotatable bonds is 5. The van der Waals surface area contributed by atoms with Crippen molar-refractivity contribution in [3.05, 3.63) is 47.3 Å². The third-order valence-electron chi connectivity index (χ3n) is 4.70. The minimum Gasteiger partial charge on any atom is -0.350 e. The van der Waals surface area contributed by atoms with E-state index < -0.39 is 0 Å². The quantitative estimate of drug-likeness (QED) is 0.907. The molecule has 0 fully saturated rings. The first-order valence-corrected chi connectivity index (χ1v) is 8.76. The number of carbonyl (C=O) groups is 2. The van der Waals surface area contributed by atoms with Gasteiger partial charge in [0, 0.05) is 36.5 Å². The van der Waals surface area contributed by atoms with Crippen LogP contribution in [0, 0.1) is 6.92 Å². The van der Waals surface area contributed by atoms with Gasteiger partial charge in [0.1, 0.15) is 6.54 Å². The van der Waals surface area contributed by atoms with Gasteiger partial charge in [-0.05, 0) is 38.3 Å². The fourth-order valence-electron chi connectivity index (χ4n) is 3.23. The summed E-state index contributed by atoms with van der Waals surface area (Å²) in [6, 6.07) is 7.83. The van der Waals surface area contributed by atoms with E-state index >= 15 is 0 Å². The van der Waals surface area contributed by atoms with Gasteiger partial charge in [0.15, 0.2) is 0 Å². The lowest BCUT2D eigenvalue weighted by atomic mass is 10.1. The molecule has 2 amide bonds. The maximum absolute atomic E-state index is 12.4. The molecular formula is C19H24N4O2. The molecule has 25 heavy (non-hydrogen) atoms. The lowest BCUT2D eigenvalue weighted by molar-refractivity contribution is -0.123. The molecular weight excluding hydrogens is 316 g/mol. The van der Waals surface area contributed by atoms with Gasteiger partial charge < -0.3 is 10.2 Å². The van der Waals surface area contributed by atoms with E-state index in [4.69, 9.17) is 0 Å². The van der Waals surface area contributed by atoms with Gasteiger partial charge in [-0.25, -0.2) is 0 Å². The van der Waals surface area contributed by atoms with Gasteiger partial charge in [-0.2, -0.15) is 5.10 Å². The van der Waals surface area contributed by atoms with Crippen LogP contribution in [0.3, 0.4) is 0 Å². The molecule has 1 aliphatic rings.